The number of hydrogen-bond donors (Lipinski definition) is 2. The predicted molar refractivity (Wildman–Crippen MR) is 75.2 cm³/mol. The molecule has 0 atom stereocenters. The largest absolute Gasteiger partial charge is 0.383 e. The molecule has 1 fully saturated rings. The third-order valence-corrected chi connectivity index (χ3v) is 5.38. The van der Waals surface area contributed by atoms with Gasteiger partial charge in [-0.2, -0.15) is 9.40 Å². The van der Waals surface area contributed by atoms with Crippen LogP contribution in [0.5, 0.6) is 0 Å². The van der Waals surface area contributed by atoms with Gasteiger partial charge in [0.15, 0.2) is 0 Å². The van der Waals surface area contributed by atoms with Gasteiger partial charge < -0.3 is 5.73 Å². The zero-order chi connectivity index (χ0) is 15.0. The van der Waals surface area contributed by atoms with Crippen molar-refractivity contribution in [2.45, 2.75) is 30.3 Å². The smallest absolute Gasteiger partial charge is 0.248 e. The van der Waals surface area contributed by atoms with Gasteiger partial charge >= 0.3 is 0 Å². The number of anilines is 1. The van der Waals surface area contributed by atoms with Crippen LogP contribution in [0.4, 0.5) is 10.2 Å². The van der Waals surface area contributed by atoms with E-state index < -0.39 is 15.8 Å². The number of sulfonamides is 1. The number of nitrogens with zero attached hydrogens (tertiary/aromatic N) is 2. The average molecular weight is 310 g/mol. The molecule has 0 radical (unpaired) electrons. The van der Waals surface area contributed by atoms with Crippen LogP contribution in [0, 0.1) is 5.82 Å². The van der Waals surface area contributed by atoms with Crippen LogP contribution < -0.4 is 5.73 Å². The van der Waals surface area contributed by atoms with Crippen molar-refractivity contribution in [3.05, 3.63) is 41.8 Å². The number of aromatic amines is 1. The summed E-state index contributed by atoms with van der Waals surface area (Å²) in [5.74, 6) is -0.423. The minimum Gasteiger partial charge on any atom is -0.383 e. The second-order valence-corrected chi connectivity index (χ2v) is 6.88. The molecule has 8 heteroatoms. The molecule has 1 aliphatic rings. The maximum absolute atomic E-state index is 13.8. The first-order chi connectivity index (χ1) is 10.00. The lowest BCUT2D eigenvalue weighted by Crippen LogP contribution is -2.33. The van der Waals surface area contributed by atoms with Gasteiger partial charge in [0, 0.05) is 18.2 Å². The van der Waals surface area contributed by atoms with E-state index in [9.17, 15) is 12.8 Å². The Morgan fingerprint density at radius 1 is 1.38 bits per heavy atom. The fourth-order valence-electron chi connectivity index (χ4n) is 2.18. The Balaban J connectivity index is 1.96. The second-order valence-electron chi connectivity index (χ2n) is 5.02. The van der Waals surface area contributed by atoms with Crippen LogP contribution in [0.2, 0.25) is 0 Å². The molecule has 6 nitrogen and oxygen atoms in total. The zero-order valence-electron chi connectivity index (χ0n) is 11.2. The highest BCUT2D eigenvalue weighted by Gasteiger charge is 2.39. The number of halogens is 1. The Kier molecular flexibility index (Phi) is 3.42. The third kappa shape index (κ3) is 2.64. The highest BCUT2D eigenvalue weighted by atomic mass is 32.2. The summed E-state index contributed by atoms with van der Waals surface area (Å²) in [6.07, 6.45) is 2.72. The Labute approximate surface area is 121 Å². The lowest BCUT2D eigenvalue weighted by molar-refractivity contribution is 0.392. The molecule has 0 spiro atoms. The summed E-state index contributed by atoms with van der Waals surface area (Å²) in [7, 11) is -3.79. The van der Waals surface area contributed by atoms with Crippen LogP contribution in [0.3, 0.4) is 0 Å². The summed E-state index contributed by atoms with van der Waals surface area (Å²) in [5, 5.41) is 6.06. The van der Waals surface area contributed by atoms with Crippen molar-refractivity contribution in [1.82, 2.24) is 14.5 Å². The van der Waals surface area contributed by atoms with Crippen molar-refractivity contribution in [3.63, 3.8) is 0 Å². The van der Waals surface area contributed by atoms with E-state index in [1.165, 1.54) is 16.6 Å². The van der Waals surface area contributed by atoms with Gasteiger partial charge in [-0.05, 0) is 18.9 Å². The molecule has 0 aliphatic heterocycles. The highest BCUT2D eigenvalue weighted by Crippen LogP contribution is 2.34. The fraction of sp³-hybridized carbons (Fsp3) is 0.308. The first kappa shape index (κ1) is 14.0. The zero-order valence-corrected chi connectivity index (χ0v) is 12.0. The van der Waals surface area contributed by atoms with Crippen molar-refractivity contribution in [2.24, 2.45) is 0 Å². The molecule has 2 aromatic rings. The van der Waals surface area contributed by atoms with E-state index in [1.54, 1.807) is 18.2 Å². The standard InChI is InChI=1S/C13H15FN4O2S/c14-11-4-2-1-3-9(11)8-18(10-5-6-10)21(19,20)12-7-16-17-13(12)15/h1-4,7,10H,5-6,8H2,(H3,15,16,17). The van der Waals surface area contributed by atoms with Crippen molar-refractivity contribution < 1.29 is 12.8 Å². The number of nitrogens with two attached hydrogens (primary N) is 1. The van der Waals surface area contributed by atoms with Crippen LogP contribution in [0.15, 0.2) is 35.4 Å². The summed E-state index contributed by atoms with van der Waals surface area (Å²) in [6, 6.07) is 6.05. The van der Waals surface area contributed by atoms with Crippen molar-refractivity contribution in [3.8, 4) is 0 Å². The molecule has 3 rings (SSSR count). The van der Waals surface area contributed by atoms with Gasteiger partial charge in [0.05, 0.1) is 6.20 Å². The summed E-state index contributed by atoms with van der Waals surface area (Å²) in [4.78, 5) is -0.0641. The van der Waals surface area contributed by atoms with Crippen molar-refractivity contribution >= 4 is 15.8 Å². The number of H-pyrrole nitrogens is 1. The van der Waals surface area contributed by atoms with Gasteiger partial charge in [-0.3, -0.25) is 5.10 Å². The molecule has 0 saturated heterocycles. The van der Waals surface area contributed by atoms with Gasteiger partial charge in [0.2, 0.25) is 10.0 Å². The lowest BCUT2D eigenvalue weighted by atomic mass is 10.2. The molecular formula is C13H15FN4O2S. The second kappa shape index (κ2) is 5.12. The molecule has 0 amide bonds. The minimum atomic E-state index is -3.79. The van der Waals surface area contributed by atoms with Gasteiger partial charge in [0.1, 0.15) is 16.5 Å². The number of rotatable bonds is 5. The molecule has 112 valence electrons. The molecule has 0 bridgehead atoms. The molecular weight excluding hydrogens is 295 g/mol. The Hall–Kier alpha value is -1.93. The molecule has 0 unspecified atom stereocenters. The third-order valence-electron chi connectivity index (χ3n) is 3.46. The maximum atomic E-state index is 13.8. The van der Waals surface area contributed by atoms with Gasteiger partial charge in [-0.1, -0.05) is 18.2 Å². The summed E-state index contributed by atoms with van der Waals surface area (Å²) < 4.78 is 40.4. The number of hydrogen-bond acceptors (Lipinski definition) is 4. The average Bonchev–Trinajstić information content (AvgIpc) is 3.18. The molecule has 21 heavy (non-hydrogen) atoms. The van der Waals surface area contributed by atoms with Crippen LogP contribution in [0.25, 0.3) is 0 Å². The fourth-order valence-corrected chi connectivity index (χ4v) is 3.86. The summed E-state index contributed by atoms with van der Waals surface area (Å²) in [5.41, 5.74) is 5.95. The van der Waals surface area contributed by atoms with E-state index in [4.69, 9.17) is 5.73 Å². The molecule has 1 heterocycles. The SMILES string of the molecule is Nc1[nH]ncc1S(=O)(=O)N(Cc1ccccc1F)C1CC1. The topological polar surface area (TPSA) is 92.1 Å². The quantitative estimate of drug-likeness (QED) is 0.875. The monoisotopic (exact) mass is 310 g/mol. The maximum Gasteiger partial charge on any atom is 0.248 e. The lowest BCUT2D eigenvalue weighted by Gasteiger charge is -2.21. The number of nitrogens with one attached hydrogen (secondary N) is 1. The van der Waals surface area contributed by atoms with E-state index >= 15 is 0 Å². The minimum absolute atomic E-state index is 0.00539. The van der Waals surface area contributed by atoms with Gasteiger partial charge in [0.25, 0.3) is 0 Å². The van der Waals surface area contributed by atoms with Gasteiger partial charge in [-0.15, -0.1) is 0 Å². The summed E-state index contributed by atoms with van der Waals surface area (Å²) >= 11 is 0. The van der Waals surface area contributed by atoms with E-state index in [0.29, 0.717) is 5.56 Å². The van der Waals surface area contributed by atoms with Crippen LogP contribution in [-0.4, -0.2) is 29.0 Å². The molecule has 1 saturated carbocycles. The normalized spacial score (nSPS) is 15.5. The number of nitrogen functional groups attached to an aromatic ring is 1. The Bertz CT molecular complexity index is 755. The first-order valence-corrected chi connectivity index (χ1v) is 7.98. The first-order valence-electron chi connectivity index (χ1n) is 6.54. The van der Waals surface area contributed by atoms with E-state index in [2.05, 4.69) is 10.2 Å². The number of benzene rings is 1. The number of aromatic nitrogens is 2. The summed E-state index contributed by atoms with van der Waals surface area (Å²) in [6.45, 7) is -0.00963. The van der Waals surface area contributed by atoms with Crippen molar-refractivity contribution in [2.75, 3.05) is 5.73 Å². The van der Waals surface area contributed by atoms with Gasteiger partial charge in [-0.25, -0.2) is 12.8 Å². The molecule has 3 N–H and O–H groups in total. The van der Waals surface area contributed by atoms with E-state index in [1.807, 2.05) is 0 Å². The van der Waals surface area contributed by atoms with Crippen LogP contribution in [-0.2, 0) is 16.6 Å². The van der Waals surface area contributed by atoms with Crippen LogP contribution >= 0.6 is 0 Å². The molecule has 1 aliphatic carbocycles. The van der Waals surface area contributed by atoms with E-state index in [-0.39, 0.29) is 23.3 Å². The molecule has 1 aromatic heterocycles. The van der Waals surface area contributed by atoms with Crippen molar-refractivity contribution in [1.29, 1.82) is 0 Å². The predicted octanol–water partition coefficient (Wildman–Crippen LogP) is 1.48. The Morgan fingerprint density at radius 3 is 2.67 bits per heavy atom. The highest BCUT2D eigenvalue weighted by molar-refractivity contribution is 7.89. The molecule has 1 aromatic carbocycles. The van der Waals surface area contributed by atoms with E-state index in [0.717, 1.165) is 12.8 Å². The Morgan fingerprint density at radius 2 is 2.10 bits per heavy atom. The van der Waals surface area contributed by atoms with Crippen LogP contribution in [0.1, 0.15) is 18.4 Å².